The fraction of sp³-hybridized carbons (Fsp3) is 0.600. The lowest BCUT2D eigenvalue weighted by atomic mass is 9.93. The molecule has 1 aromatic rings. The molecule has 9 heteroatoms. The van der Waals surface area contributed by atoms with Gasteiger partial charge >= 0.3 is 5.69 Å². The number of nitrogens with two attached hydrogens (primary N) is 1. The van der Waals surface area contributed by atoms with Gasteiger partial charge in [0, 0.05) is 0 Å². The normalized spacial score (nSPS) is 34.7. The van der Waals surface area contributed by atoms with E-state index >= 15 is 0 Å². The molecule has 0 spiro atoms. The van der Waals surface area contributed by atoms with Gasteiger partial charge in [0.15, 0.2) is 6.23 Å². The van der Waals surface area contributed by atoms with E-state index in [1.165, 1.54) is 6.92 Å². The molecular formula is C10H14FN3O5. The van der Waals surface area contributed by atoms with Gasteiger partial charge in [-0.1, -0.05) is 0 Å². The number of aromatic amines is 1. The van der Waals surface area contributed by atoms with Crippen LogP contribution < -0.4 is 17.0 Å². The summed E-state index contributed by atoms with van der Waals surface area (Å²) in [6.07, 6.45) is -2.80. The minimum absolute atomic E-state index is 0.509. The van der Waals surface area contributed by atoms with E-state index in [9.17, 15) is 19.1 Å². The molecule has 1 saturated heterocycles. The van der Waals surface area contributed by atoms with Crippen LogP contribution in [0.2, 0.25) is 0 Å². The first-order valence-corrected chi connectivity index (χ1v) is 5.53. The Morgan fingerprint density at radius 2 is 2.26 bits per heavy atom. The van der Waals surface area contributed by atoms with Crippen molar-refractivity contribution in [3.63, 3.8) is 0 Å². The Bertz CT molecular complexity index is 596. The van der Waals surface area contributed by atoms with E-state index in [1.807, 2.05) is 0 Å². The van der Waals surface area contributed by atoms with Gasteiger partial charge in [-0.3, -0.25) is 14.3 Å². The van der Waals surface area contributed by atoms with Crippen LogP contribution in [0.5, 0.6) is 0 Å². The van der Waals surface area contributed by atoms with Crippen LogP contribution in [-0.4, -0.2) is 44.1 Å². The first-order valence-electron chi connectivity index (χ1n) is 5.53. The van der Waals surface area contributed by atoms with Gasteiger partial charge in [0.25, 0.3) is 5.56 Å². The molecule has 0 amide bonds. The zero-order valence-electron chi connectivity index (χ0n) is 10.0. The molecule has 106 valence electrons. The van der Waals surface area contributed by atoms with Crippen LogP contribution in [0.1, 0.15) is 13.2 Å². The van der Waals surface area contributed by atoms with Crippen LogP contribution in [-0.2, 0) is 4.74 Å². The predicted molar refractivity (Wildman–Crippen MR) is 60.9 cm³/mol. The minimum atomic E-state index is -1.43. The van der Waals surface area contributed by atoms with Crippen molar-refractivity contribution in [3.8, 4) is 0 Å². The van der Waals surface area contributed by atoms with Gasteiger partial charge < -0.3 is 20.7 Å². The molecule has 1 aliphatic rings. The summed E-state index contributed by atoms with van der Waals surface area (Å²) in [5, 5.41) is 18.9. The zero-order chi connectivity index (χ0) is 14.4. The smallest absolute Gasteiger partial charge is 0.330 e. The van der Waals surface area contributed by atoms with Gasteiger partial charge in [-0.25, -0.2) is 4.79 Å². The number of nitrogens with one attached hydrogen (secondary N) is 1. The maximum absolute atomic E-state index is 13.2. The number of nitrogens with zero attached hydrogens (tertiary/aromatic N) is 1. The van der Waals surface area contributed by atoms with E-state index in [0.29, 0.717) is 6.20 Å². The van der Waals surface area contributed by atoms with Gasteiger partial charge in [0.05, 0.1) is 18.3 Å². The summed E-state index contributed by atoms with van der Waals surface area (Å²) in [5.74, 6) is -1.18. The van der Waals surface area contributed by atoms with Gasteiger partial charge in [0.2, 0.25) is 5.82 Å². The summed E-state index contributed by atoms with van der Waals surface area (Å²) in [4.78, 5) is 24.3. The highest BCUT2D eigenvalue weighted by atomic mass is 19.1. The van der Waals surface area contributed by atoms with E-state index in [1.54, 1.807) is 4.98 Å². The first-order chi connectivity index (χ1) is 8.78. The second kappa shape index (κ2) is 4.53. The lowest BCUT2D eigenvalue weighted by Crippen LogP contribution is -2.53. The lowest BCUT2D eigenvalue weighted by molar-refractivity contribution is -0.0491. The molecule has 2 heterocycles. The van der Waals surface area contributed by atoms with Crippen molar-refractivity contribution >= 4 is 0 Å². The average molecular weight is 275 g/mol. The van der Waals surface area contributed by atoms with E-state index in [4.69, 9.17) is 15.6 Å². The standard InChI is InChI=1S/C10H14FN3O5/c1-10(12)6(16)5(3-15)19-8(10)14-2-4(11)7(17)13-9(14)18/h2,5-6,8,15-16H,3,12H2,1H3,(H,13,17,18)/t5-,6-,8-,10-/m1/s1. The number of H-pyrrole nitrogens is 1. The Morgan fingerprint density at radius 3 is 2.79 bits per heavy atom. The average Bonchev–Trinajstić information content (AvgIpc) is 2.56. The number of aliphatic hydroxyl groups excluding tert-OH is 2. The second-order valence-electron chi connectivity index (χ2n) is 4.66. The molecule has 0 saturated carbocycles. The molecule has 1 fully saturated rings. The molecule has 1 aromatic heterocycles. The van der Waals surface area contributed by atoms with Crippen molar-refractivity contribution in [2.24, 2.45) is 5.73 Å². The van der Waals surface area contributed by atoms with Crippen LogP contribution >= 0.6 is 0 Å². The Kier molecular flexibility index (Phi) is 3.31. The molecule has 0 unspecified atom stereocenters. The van der Waals surface area contributed by atoms with Crippen LogP contribution in [0.25, 0.3) is 0 Å². The first kappa shape index (κ1) is 13.9. The molecule has 8 nitrogen and oxygen atoms in total. The highest BCUT2D eigenvalue weighted by Gasteiger charge is 2.51. The maximum atomic E-state index is 13.2. The van der Waals surface area contributed by atoms with E-state index in [-0.39, 0.29) is 0 Å². The summed E-state index contributed by atoms with van der Waals surface area (Å²) in [6, 6.07) is 0. The molecule has 0 bridgehead atoms. The third kappa shape index (κ3) is 2.10. The largest absolute Gasteiger partial charge is 0.394 e. The number of hydrogen-bond donors (Lipinski definition) is 4. The fourth-order valence-electron chi connectivity index (χ4n) is 2.08. The number of aromatic nitrogens is 2. The fourth-order valence-corrected chi connectivity index (χ4v) is 2.08. The van der Waals surface area contributed by atoms with Gasteiger partial charge in [-0.2, -0.15) is 4.39 Å². The number of hydrogen-bond acceptors (Lipinski definition) is 6. The molecule has 19 heavy (non-hydrogen) atoms. The Hall–Kier alpha value is -1.55. The zero-order valence-corrected chi connectivity index (χ0v) is 10.0. The van der Waals surface area contributed by atoms with Gasteiger partial charge in [-0.15, -0.1) is 0 Å². The monoisotopic (exact) mass is 275 g/mol. The Morgan fingerprint density at radius 1 is 1.63 bits per heavy atom. The summed E-state index contributed by atoms with van der Waals surface area (Å²) in [5.41, 5.74) is 2.36. The molecule has 1 aliphatic heterocycles. The van der Waals surface area contributed by atoms with E-state index in [0.717, 1.165) is 4.57 Å². The molecule has 5 N–H and O–H groups in total. The van der Waals surface area contributed by atoms with Crippen LogP contribution in [0.4, 0.5) is 4.39 Å². The van der Waals surface area contributed by atoms with Crippen molar-refractivity contribution in [1.29, 1.82) is 0 Å². The maximum Gasteiger partial charge on any atom is 0.330 e. The van der Waals surface area contributed by atoms with E-state index in [2.05, 4.69) is 0 Å². The van der Waals surface area contributed by atoms with Crippen molar-refractivity contribution in [3.05, 3.63) is 32.9 Å². The molecule has 0 aliphatic carbocycles. The second-order valence-corrected chi connectivity index (χ2v) is 4.66. The third-order valence-corrected chi connectivity index (χ3v) is 3.18. The van der Waals surface area contributed by atoms with Gasteiger partial charge in [0.1, 0.15) is 12.2 Å². The number of ether oxygens (including phenoxy) is 1. The van der Waals surface area contributed by atoms with Crippen molar-refractivity contribution in [2.45, 2.75) is 30.9 Å². The van der Waals surface area contributed by atoms with Crippen molar-refractivity contribution in [2.75, 3.05) is 6.61 Å². The molecule has 0 radical (unpaired) electrons. The molecule has 2 rings (SSSR count). The van der Waals surface area contributed by atoms with Crippen molar-refractivity contribution in [1.82, 2.24) is 9.55 Å². The minimum Gasteiger partial charge on any atom is -0.394 e. The molecular weight excluding hydrogens is 261 g/mol. The van der Waals surface area contributed by atoms with Crippen molar-refractivity contribution < 1.29 is 19.3 Å². The number of aliphatic hydroxyl groups is 2. The van der Waals surface area contributed by atoms with Gasteiger partial charge in [-0.05, 0) is 6.92 Å². The Labute approximate surface area is 106 Å². The highest BCUT2D eigenvalue weighted by molar-refractivity contribution is 5.04. The molecule has 0 aromatic carbocycles. The topological polar surface area (TPSA) is 131 Å². The number of halogens is 1. The summed E-state index contributed by atoms with van der Waals surface area (Å²) in [7, 11) is 0. The summed E-state index contributed by atoms with van der Waals surface area (Å²) in [6.45, 7) is 0.887. The van der Waals surface area contributed by atoms with Crippen LogP contribution in [0.15, 0.2) is 15.8 Å². The SMILES string of the molecule is C[C@@]1(N)[C@H](O)[C@@H](CO)O[C@H]1n1cc(F)c(=O)[nH]c1=O. The summed E-state index contributed by atoms with van der Waals surface area (Å²) < 4.78 is 19.2. The number of rotatable bonds is 2. The molecule has 4 atom stereocenters. The third-order valence-electron chi connectivity index (χ3n) is 3.18. The van der Waals surface area contributed by atoms with Crippen LogP contribution in [0, 0.1) is 5.82 Å². The summed E-state index contributed by atoms with van der Waals surface area (Å²) >= 11 is 0. The predicted octanol–water partition coefficient (Wildman–Crippen LogP) is -2.36. The quantitative estimate of drug-likeness (QED) is 0.478. The van der Waals surface area contributed by atoms with Crippen LogP contribution in [0.3, 0.4) is 0 Å². The lowest BCUT2D eigenvalue weighted by Gasteiger charge is -2.28. The Balaban J connectivity index is 2.51. The highest BCUT2D eigenvalue weighted by Crippen LogP contribution is 2.35. The van der Waals surface area contributed by atoms with E-state index < -0.39 is 47.6 Å².